The molecule has 0 aliphatic heterocycles. The molecule has 7 heteroatoms. The van der Waals surface area contributed by atoms with Crippen molar-refractivity contribution >= 4 is 32.8 Å². The van der Waals surface area contributed by atoms with E-state index in [9.17, 15) is 4.79 Å². The predicted octanol–water partition coefficient (Wildman–Crippen LogP) is 3.51. The summed E-state index contributed by atoms with van der Waals surface area (Å²) in [6.07, 6.45) is 0. The van der Waals surface area contributed by atoms with Crippen LogP contribution in [0.15, 0.2) is 36.4 Å². The topological polar surface area (TPSA) is 76.1 Å². The van der Waals surface area contributed by atoms with Gasteiger partial charge >= 0.3 is 6.03 Å². The van der Waals surface area contributed by atoms with Crippen LogP contribution < -0.4 is 15.4 Å². The summed E-state index contributed by atoms with van der Waals surface area (Å²) in [5.74, 6) is 0.768. The number of amides is 2. The van der Waals surface area contributed by atoms with Gasteiger partial charge < -0.3 is 10.1 Å². The van der Waals surface area contributed by atoms with Crippen molar-refractivity contribution < 1.29 is 9.53 Å². The first-order valence-corrected chi connectivity index (χ1v) is 7.98. The Morgan fingerprint density at radius 1 is 1.22 bits per heavy atom. The molecule has 2 amide bonds. The fourth-order valence-electron chi connectivity index (χ4n) is 2.18. The lowest BCUT2D eigenvalue weighted by Gasteiger charge is -2.06. The van der Waals surface area contributed by atoms with Gasteiger partial charge in [-0.05, 0) is 31.2 Å². The number of carbonyl (C=O) groups excluding carboxylic acids is 1. The highest BCUT2D eigenvalue weighted by Gasteiger charge is 2.11. The third kappa shape index (κ3) is 3.24. The summed E-state index contributed by atoms with van der Waals surface area (Å²) in [5.41, 5.74) is 2.48. The maximum Gasteiger partial charge on any atom is 0.321 e. The van der Waals surface area contributed by atoms with E-state index in [0.717, 1.165) is 27.4 Å². The SMILES string of the molecule is CCNC(=O)Nc1nc2ccc(-c3ccccc3OC)nc2s1. The first kappa shape index (κ1) is 15.2. The highest BCUT2D eigenvalue weighted by atomic mass is 32.1. The molecule has 2 heterocycles. The van der Waals surface area contributed by atoms with Crippen molar-refractivity contribution in [2.24, 2.45) is 0 Å². The van der Waals surface area contributed by atoms with E-state index in [1.165, 1.54) is 11.3 Å². The van der Waals surface area contributed by atoms with Gasteiger partial charge in [-0.25, -0.2) is 14.8 Å². The molecular formula is C16H16N4O2S. The fourth-order valence-corrected chi connectivity index (χ4v) is 3.01. The van der Waals surface area contributed by atoms with Gasteiger partial charge in [0, 0.05) is 12.1 Å². The maximum atomic E-state index is 11.6. The van der Waals surface area contributed by atoms with Crippen molar-refractivity contribution in [1.29, 1.82) is 0 Å². The van der Waals surface area contributed by atoms with Crippen LogP contribution in [-0.4, -0.2) is 29.7 Å². The molecule has 0 saturated heterocycles. The number of nitrogens with one attached hydrogen (secondary N) is 2. The van der Waals surface area contributed by atoms with Crippen molar-refractivity contribution in [1.82, 2.24) is 15.3 Å². The summed E-state index contributed by atoms with van der Waals surface area (Å²) >= 11 is 1.34. The van der Waals surface area contributed by atoms with Gasteiger partial charge in [-0.2, -0.15) is 0 Å². The van der Waals surface area contributed by atoms with Crippen LogP contribution in [0.5, 0.6) is 5.75 Å². The zero-order valence-electron chi connectivity index (χ0n) is 12.8. The lowest BCUT2D eigenvalue weighted by molar-refractivity contribution is 0.252. The predicted molar refractivity (Wildman–Crippen MR) is 92.1 cm³/mol. The molecule has 6 nitrogen and oxygen atoms in total. The van der Waals surface area contributed by atoms with Crippen LogP contribution in [0.4, 0.5) is 9.93 Å². The van der Waals surface area contributed by atoms with Crippen molar-refractivity contribution in [3.8, 4) is 17.0 Å². The van der Waals surface area contributed by atoms with E-state index in [-0.39, 0.29) is 6.03 Å². The normalized spacial score (nSPS) is 10.5. The van der Waals surface area contributed by atoms with Gasteiger partial charge in [-0.15, -0.1) is 0 Å². The molecule has 0 aliphatic rings. The van der Waals surface area contributed by atoms with Gasteiger partial charge in [0.1, 0.15) is 16.1 Å². The van der Waals surface area contributed by atoms with Crippen LogP contribution in [-0.2, 0) is 0 Å². The second kappa shape index (κ2) is 6.62. The molecule has 1 aromatic carbocycles. The van der Waals surface area contributed by atoms with Crippen LogP contribution in [0, 0.1) is 0 Å². The Bertz CT molecular complexity index is 847. The molecule has 3 aromatic rings. The van der Waals surface area contributed by atoms with Crippen LogP contribution in [0.3, 0.4) is 0 Å². The summed E-state index contributed by atoms with van der Waals surface area (Å²) in [6, 6.07) is 11.2. The number of hydrogen-bond donors (Lipinski definition) is 2. The summed E-state index contributed by atoms with van der Waals surface area (Å²) in [7, 11) is 1.64. The van der Waals surface area contributed by atoms with Gasteiger partial charge in [-0.3, -0.25) is 5.32 Å². The second-order valence-corrected chi connectivity index (χ2v) is 5.70. The number of fused-ring (bicyclic) bond motifs is 1. The number of para-hydroxylation sites is 1. The van der Waals surface area contributed by atoms with E-state index in [1.54, 1.807) is 7.11 Å². The van der Waals surface area contributed by atoms with Gasteiger partial charge in [0.2, 0.25) is 0 Å². The lowest BCUT2D eigenvalue weighted by atomic mass is 10.1. The second-order valence-electron chi connectivity index (χ2n) is 4.72. The third-order valence-electron chi connectivity index (χ3n) is 3.20. The largest absolute Gasteiger partial charge is 0.496 e. The number of urea groups is 1. The van der Waals surface area contributed by atoms with Crippen LogP contribution >= 0.6 is 11.3 Å². The minimum atomic E-state index is -0.267. The van der Waals surface area contributed by atoms with Crippen molar-refractivity contribution in [2.75, 3.05) is 19.0 Å². The number of rotatable bonds is 4. The summed E-state index contributed by atoms with van der Waals surface area (Å²) in [4.78, 5) is 21.3. The zero-order chi connectivity index (χ0) is 16.2. The molecule has 2 N–H and O–H groups in total. The smallest absolute Gasteiger partial charge is 0.321 e. The van der Waals surface area contributed by atoms with E-state index >= 15 is 0 Å². The van der Waals surface area contributed by atoms with Crippen molar-refractivity contribution in [3.05, 3.63) is 36.4 Å². The van der Waals surface area contributed by atoms with Gasteiger partial charge in [0.15, 0.2) is 5.13 Å². The summed E-state index contributed by atoms with van der Waals surface area (Å²) in [5, 5.41) is 5.90. The number of benzene rings is 1. The summed E-state index contributed by atoms with van der Waals surface area (Å²) < 4.78 is 5.38. The molecule has 0 atom stereocenters. The minimum Gasteiger partial charge on any atom is -0.496 e. The molecule has 0 spiro atoms. The number of methoxy groups -OCH3 is 1. The average Bonchev–Trinajstić information content (AvgIpc) is 2.96. The van der Waals surface area contributed by atoms with Crippen LogP contribution in [0.25, 0.3) is 21.6 Å². The number of anilines is 1. The lowest BCUT2D eigenvalue weighted by Crippen LogP contribution is -2.28. The Hall–Kier alpha value is -2.67. The highest BCUT2D eigenvalue weighted by molar-refractivity contribution is 7.21. The van der Waals surface area contributed by atoms with Gasteiger partial charge in [0.25, 0.3) is 0 Å². The average molecular weight is 328 g/mol. The number of ether oxygens (including phenoxy) is 1. The molecule has 0 unspecified atom stereocenters. The third-order valence-corrected chi connectivity index (χ3v) is 4.08. The number of carbonyl (C=O) groups is 1. The molecule has 0 saturated carbocycles. The van der Waals surface area contributed by atoms with E-state index in [0.29, 0.717) is 11.7 Å². The standard InChI is InChI=1S/C16H16N4O2S/c1-3-17-15(21)20-16-19-12-9-8-11(18-14(12)23-16)10-6-4-5-7-13(10)22-2/h4-9H,3H2,1-2H3,(H2,17,19,20,21). The molecule has 2 aromatic heterocycles. The molecular weight excluding hydrogens is 312 g/mol. The Morgan fingerprint density at radius 3 is 2.83 bits per heavy atom. The van der Waals surface area contributed by atoms with Gasteiger partial charge in [0.05, 0.1) is 12.8 Å². The Balaban J connectivity index is 1.94. The quantitative estimate of drug-likeness (QED) is 0.768. The van der Waals surface area contributed by atoms with Crippen molar-refractivity contribution in [2.45, 2.75) is 6.92 Å². The first-order chi connectivity index (χ1) is 11.2. The highest BCUT2D eigenvalue weighted by Crippen LogP contribution is 2.31. The van der Waals surface area contributed by atoms with E-state index in [1.807, 2.05) is 43.3 Å². The molecule has 3 rings (SSSR count). The molecule has 0 aliphatic carbocycles. The number of aromatic nitrogens is 2. The van der Waals surface area contributed by atoms with Gasteiger partial charge in [-0.1, -0.05) is 23.5 Å². The first-order valence-electron chi connectivity index (χ1n) is 7.17. The molecule has 118 valence electrons. The fraction of sp³-hybridized carbons (Fsp3) is 0.188. The number of nitrogens with zero attached hydrogens (tertiary/aromatic N) is 2. The van der Waals surface area contributed by atoms with Crippen molar-refractivity contribution in [3.63, 3.8) is 0 Å². The Labute approximate surface area is 137 Å². The van der Waals surface area contributed by atoms with E-state index in [4.69, 9.17) is 4.74 Å². The molecule has 0 radical (unpaired) electrons. The van der Waals surface area contributed by atoms with Crippen LogP contribution in [0.1, 0.15) is 6.92 Å². The minimum absolute atomic E-state index is 0.267. The van der Waals surface area contributed by atoms with E-state index < -0.39 is 0 Å². The monoisotopic (exact) mass is 328 g/mol. The maximum absolute atomic E-state index is 11.6. The number of pyridine rings is 1. The molecule has 23 heavy (non-hydrogen) atoms. The Kier molecular flexibility index (Phi) is 4.38. The molecule has 0 bridgehead atoms. The zero-order valence-corrected chi connectivity index (χ0v) is 13.6. The number of hydrogen-bond acceptors (Lipinski definition) is 5. The van der Waals surface area contributed by atoms with E-state index in [2.05, 4.69) is 20.6 Å². The molecule has 0 fully saturated rings. The number of thiazole rings is 1. The van der Waals surface area contributed by atoms with Crippen LogP contribution in [0.2, 0.25) is 0 Å². The Morgan fingerprint density at radius 2 is 2.04 bits per heavy atom. The summed E-state index contributed by atoms with van der Waals surface area (Å²) in [6.45, 7) is 2.42.